The maximum Gasteiger partial charge on any atom is 0.347 e. The molecule has 0 radical (unpaired) electrons. The van der Waals surface area contributed by atoms with Crippen LogP contribution in [0, 0.1) is 20.8 Å². The molecule has 0 heterocycles. The second-order valence-corrected chi connectivity index (χ2v) is 6.00. The van der Waals surface area contributed by atoms with Gasteiger partial charge in [-0.05, 0) is 56.5 Å². The lowest BCUT2D eigenvalue weighted by molar-refractivity contribution is -0.153. The van der Waals surface area contributed by atoms with Crippen molar-refractivity contribution in [2.75, 3.05) is 11.9 Å². The van der Waals surface area contributed by atoms with Crippen LogP contribution in [-0.2, 0) is 14.3 Å². The van der Waals surface area contributed by atoms with Gasteiger partial charge in [0, 0.05) is 5.69 Å². The zero-order chi connectivity index (χ0) is 18.4. The second kappa shape index (κ2) is 8.33. The summed E-state index contributed by atoms with van der Waals surface area (Å²) in [5.74, 6) is -0.379. The predicted octanol–water partition coefficient (Wildman–Crippen LogP) is 3.56. The van der Waals surface area contributed by atoms with Crippen LogP contribution in [0.1, 0.15) is 23.6 Å². The number of para-hydroxylation sites is 1. The van der Waals surface area contributed by atoms with Crippen molar-refractivity contribution in [3.05, 3.63) is 59.2 Å². The SMILES string of the molecule is Cc1cccc(O[C@@H](C)C(=O)OCC(=O)Nc2c(C)cccc2C)c1. The first-order valence-electron chi connectivity index (χ1n) is 8.13. The summed E-state index contributed by atoms with van der Waals surface area (Å²) >= 11 is 0. The lowest BCUT2D eigenvalue weighted by Crippen LogP contribution is -2.30. The lowest BCUT2D eigenvalue weighted by atomic mass is 10.1. The quantitative estimate of drug-likeness (QED) is 0.816. The maximum absolute atomic E-state index is 12.0. The molecule has 2 aromatic rings. The molecule has 0 fully saturated rings. The Morgan fingerprint density at radius 3 is 2.32 bits per heavy atom. The van der Waals surface area contributed by atoms with E-state index in [4.69, 9.17) is 9.47 Å². The number of nitrogens with one attached hydrogen (secondary N) is 1. The molecule has 0 aliphatic heterocycles. The fourth-order valence-electron chi connectivity index (χ4n) is 2.38. The largest absolute Gasteiger partial charge is 0.479 e. The van der Waals surface area contributed by atoms with Crippen LogP contribution in [0.4, 0.5) is 5.69 Å². The fraction of sp³-hybridized carbons (Fsp3) is 0.300. The third kappa shape index (κ3) is 5.35. The first-order valence-corrected chi connectivity index (χ1v) is 8.13. The van der Waals surface area contributed by atoms with Gasteiger partial charge in [0.05, 0.1) is 0 Å². The van der Waals surface area contributed by atoms with Gasteiger partial charge in [-0.3, -0.25) is 4.79 Å². The number of carbonyl (C=O) groups excluding carboxylic acids is 2. The van der Waals surface area contributed by atoms with Gasteiger partial charge in [-0.2, -0.15) is 0 Å². The topological polar surface area (TPSA) is 64.6 Å². The predicted molar refractivity (Wildman–Crippen MR) is 96.8 cm³/mol. The number of ether oxygens (including phenoxy) is 2. The first kappa shape index (κ1) is 18.5. The third-order valence-electron chi connectivity index (χ3n) is 3.73. The zero-order valence-corrected chi connectivity index (χ0v) is 15.0. The molecule has 5 nitrogen and oxygen atoms in total. The van der Waals surface area contributed by atoms with E-state index in [1.54, 1.807) is 13.0 Å². The van der Waals surface area contributed by atoms with Crippen molar-refractivity contribution >= 4 is 17.6 Å². The summed E-state index contributed by atoms with van der Waals surface area (Å²) in [6, 6.07) is 13.1. The van der Waals surface area contributed by atoms with Crippen molar-refractivity contribution in [1.29, 1.82) is 0 Å². The van der Waals surface area contributed by atoms with Crippen LogP contribution >= 0.6 is 0 Å². The van der Waals surface area contributed by atoms with Crippen molar-refractivity contribution in [3.8, 4) is 5.75 Å². The Hall–Kier alpha value is -2.82. The summed E-state index contributed by atoms with van der Waals surface area (Å²) in [6.07, 6.45) is -0.796. The van der Waals surface area contributed by atoms with Crippen molar-refractivity contribution in [2.45, 2.75) is 33.8 Å². The van der Waals surface area contributed by atoms with Gasteiger partial charge >= 0.3 is 5.97 Å². The maximum atomic E-state index is 12.0. The van der Waals surface area contributed by atoms with Crippen molar-refractivity contribution in [2.24, 2.45) is 0 Å². The molecule has 2 aromatic carbocycles. The summed E-state index contributed by atoms with van der Waals surface area (Å²) < 4.78 is 10.6. The molecule has 0 saturated carbocycles. The number of hydrogen-bond donors (Lipinski definition) is 1. The van der Waals surface area contributed by atoms with Gasteiger partial charge in [-0.15, -0.1) is 0 Å². The molecule has 5 heteroatoms. The third-order valence-corrected chi connectivity index (χ3v) is 3.73. The molecule has 0 aliphatic carbocycles. The van der Waals surface area contributed by atoms with E-state index in [0.717, 1.165) is 22.4 Å². The van der Waals surface area contributed by atoms with Crippen LogP contribution in [0.25, 0.3) is 0 Å². The number of esters is 1. The number of aryl methyl sites for hydroxylation is 3. The average Bonchev–Trinajstić information content (AvgIpc) is 2.56. The van der Waals surface area contributed by atoms with Gasteiger partial charge in [0.25, 0.3) is 5.91 Å². The van der Waals surface area contributed by atoms with E-state index in [2.05, 4.69) is 5.32 Å². The molecule has 0 spiro atoms. The number of carbonyl (C=O) groups is 2. The van der Waals surface area contributed by atoms with Gasteiger partial charge < -0.3 is 14.8 Å². The molecular formula is C20H23NO4. The van der Waals surface area contributed by atoms with Gasteiger partial charge in [-0.25, -0.2) is 4.79 Å². The minimum absolute atomic E-state index is 0.353. The average molecular weight is 341 g/mol. The number of hydrogen-bond acceptors (Lipinski definition) is 4. The van der Waals surface area contributed by atoms with Crippen LogP contribution in [0.15, 0.2) is 42.5 Å². The molecule has 2 rings (SSSR count). The summed E-state index contributed by atoms with van der Waals surface area (Å²) in [5.41, 5.74) is 3.69. The monoisotopic (exact) mass is 341 g/mol. The van der Waals surface area contributed by atoms with Crippen molar-refractivity contribution < 1.29 is 19.1 Å². The second-order valence-electron chi connectivity index (χ2n) is 6.00. The zero-order valence-electron chi connectivity index (χ0n) is 15.0. The van der Waals surface area contributed by atoms with E-state index in [0.29, 0.717) is 5.75 Å². The number of benzene rings is 2. The van der Waals surface area contributed by atoms with E-state index in [-0.39, 0.29) is 12.5 Å². The molecule has 0 aromatic heterocycles. The van der Waals surface area contributed by atoms with E-state index >= 15 is 0 Å². The van der Waals surface area contributed by atoms with E-state index in [1.807, 2.05) is 57.2 Å². The molecule has 0 unspecified atom stereocenters. The minimum atomic E-state index is -0.796. The van der Waals surface area contributed by atoms with E-state index < -0.39 is 12.1 Å². The summed E-state index contributed by atoms with van der Waals surface area (Å²) in [4.78, 5) is 24.0. The van der Waals surface area contributed by atoms with Crippen LogP contribution in [-0.4, -0.2) is 24.6 Å². The standard InChI is InChI=1S/C20H23NO4/c1-13-7-5-10-17(11-13)25-16(4)20(23)24-12-18(22)21-19-14(2)8-6-9-15(19)3/h5-11,16H,12H2,1-4H3,(H,21,22)/t16-/m0/s1. The molecule has 1 amide bonds. The molecule has 1 atom stereocenters. The highest BCUT2D eigenvalue weighted by Crippen LogP contribution is 2.19. The Morgan fingerprint density at radius 2 is 1.68 bits per heavy atom. The van der Waals surface area contributed by atoms with E-state index in [9.17, 15) is 9.59 Å². The van der Waals surface area contributed by atoms with Gasteiger partial charge in [0.2, 0.25) is 0 Å². The van der Waals surface area contributed by atoms with Crippen LogP contribution in [0.5, 0.6) is 5.75 Å². The number of amides is 1. The molecular weight excluding hydrogens is 318 g/mol. The Balaban J connectivity index is 1.85. The summed E-state index contributed by atoms with van der Waals surface area (Å²) in [6.45, 7) is 6.99. The van der Waals surface area contributed by atoms with Crippen molar-refractivity contribution in [1.82, 2.24) is 0 Å². The number of rotatable bonds is 6. The molecule has 132 valence electrons. The fourth-order valence-corrected chi connectivity index (χ4v) is 2.38. The first-order chi connectivity index (χ1) is 11.9. The Morgan fingerprint density at radius 1 is 1.04 bits per heavy atom. The lowest BCUT2D eigenvalue weighted by Gasteiger charge is -2.15. The number of anilines is 1. The smallest absolute Gasteiger partial charge is 0.347 e. The minimum Gasteiger partial charge on any atom is -0.479 e. The van der Waals surface area contributed by atoms with Crippen LogP contribution in [0.2, 0.25) is 0 Å². The highest BCUT2D eigenvalue weighted by atomic mass is 16.6. The van der Waals surface area contributed by atoms with Crippen LogP contribution < -0.4 is 10.1 Å². The molecule has 0 bridgehead atoms. The Kier molecular flexibility index (Phi) is 6.17. The highest BCUT2D eigenvalue weighted by molar-refractivity contribution is 5.94. The summed E-state index contributed by atoms with van der Waals surface area (Å²) in [7, 11) is 0. The molecule has 25 heavy (non-hydrogen) atoms. The van der Waals surface area contributed by atoms with Gasteiger partial charge in [0.1, 0.15) is 5.75 Å². The Bertz CT molecular complexity index is 750. The molecule has 0 aliphatic rings. The van der Waals surface area contributed by atoms with Crippen LogP contribution in [0.3, 0.4) is 0 Å². The van der Waals surface area contributed by atoms with Gasteiger partial charge in [0.15, 0.2) is 12.7 Å². The molecule has 0 saturated heterocycles. The summed E-state index contributed by atoms with van der Waals surface area (Å²) in [5, 5.41) is 2.77. The molecule has 1 N–H and O–H groups in total. The van der Waals surface area contributed by atoms with E-state index in [1.165, 1.54) is 0 Å². The van der Waals surface area contributed by atoms with Gasteiger partial charge in [-0.1, -0.05) is 30.3 Å². The Labute approximate surface area is 148 Å². The highest BCUT2D eigenvalue weighted by Gasteiger charge is 2.18. The normalized spacial score (nSPS) is 11.5. The van der Waals surface area contributed by atoms with Crippen molar-refractivity contribution in [3.63, 3.8) is 0 Å².